The van der Waals surface area contributed by atoms with Crippen molar-refractivity contribution >= 4 is 56.5 Å². The first-order valence-corrected chi connectivity index (χ1v) is 12.9. The predicted octanol–water partition coefficient (Wildman–Crippen LogP) is 7.07. The predicted molar refractivity (Wildman–Crippen MR) is 144 cm³/mol. The lowest BCUT2D eigenvalue weighted by molar-refractivity contribution is -0.118. The Hall–Kier alpha value is -3.16. The summed E-state index contributed by atoms with van der Waals surface area (Å²) >= 11 is 2.83. The number of nitrogens with one attached hydrogen (secondary N) is 2. The lowest BCUT2D eigenvalue weighted by Gasteiger charge is -2.17. The number of thioether (sulfide) groups is 1. The molecule has 2 N–H and O–H groups in total. The number of anilines is 2. The number of hydrogen-bond donors (Lipinski definition) is 2. The zero-order chi connectivity index (χ0) is 24.1. The Morgan fingerprint density at radius 3 is 2.50 bits per heavy atom. The van der Waals surface area contributed by atoms with E-state index in [0.717, 1.165) is 27.2 Å². The van der Waals surface area contributed by atoms with E-state index >= 15 is 0 Å². The van der Waals surface area contributed by atoms with E-state index in [4.69, 9.17) is 0 Å². The van der Waals surface area contributed by atoms with Gasteiger partial charge in [-0.25, -0.2) is 4.98 Å². The number of rotatable bonds is 7. The summed E-state index contributed by atoms with van der Waals surface area (Å²) in [5.74, 6) is 0.120. The average molecular weight is 490 g/mol. The van der Waals surface area contributed by atoms with E-state index in [1.807, 2.05) is 68.6 Å². The molecule has 0 spiro atoms. The van der Waals surface area contributed by atoms with Crippen molar-refractivity contribution in [2.75, 3.05) is 16.4 Å². The lowest BCUT2D eigenvalue weighted by Crippen LogP contribution is -2.19. The number of fused-ring (bicyclic) bond motifs is 1. The highest BCUT2D eigenvalue weighted by Crippen LogP contribution is 2.28. The topological polar surface area (TPSA) is 71.1 Å². The van der Waals surface area contributed by atoms with Crippen LogP contribution in [0.2, 0.25) is 0 Å². The number of aromatic nitrogens is 1. The van der Waals surface area contributed by atoms with Crippen molar-refractivity contribution < 1.29 is 9.59 Å². The van der Waals surface area contributed by atoms with E-state index in [1.54, 1.807) is 0 Å². The van der Waals surface area contributed by atoms with Crippen LogP contribution in [0, 0.1) is 5.41 Å². The van der Waals surface area contributed by atoms with Gasteiger partial charge in [0.05, 0.1) is 11.4 Å². The molecule has 0 saturated heterocycles. The second kappa shape index (κ2) is 10.4. The Labute approximate surface area is 208 Å². The van der Waals surface area contributed by atoms with Crippen LogP contribution in [0.25, 0.3) is 22.0 Å². The van der Waals surface area contributed by atoms with Gasteiger partial charge in [-0.3, -0.25) is 9.59 Å². The maximum absolute atomic E-state index is 12.5. The fraction of sp³-hybridized carbons (Fsp3) is 0.222. The molecule has 0 radical (unpaired) electrons. The average Bonchev–Trinajstić information content (AvgIpc) is 3.25. The maximum Gasteiger partial charge on any atom is 0.236 e. The summed E-state index contributed by atoms with van der Waals surface area (Å²) < 4.78 is 0. The fourth-order valence-corrected chi connectivity index (χ4v) is 4.96. The van der Waals surface area contributed by atoms with Crippen molar-refractivity contribution in [3.63, 3.8) is 0 Å². The highest BCUT2D eigenvalue weighted by atomic mass is 32.2. The molecule has 0 aliphatic rings. The minimum atomic E-state index is -0.119. The number of nitrogens with zero attached hydrogens (tertiary/aromatic N) is 1. The molecule has 7 heteroatoms. The van der Waals surface area contributed by atoms with Crippen LogP contribution in [0.3, 0.4) is 0 Å². The highest BCUT2D eigenvalue weighted by Gasteiger charge is 2.16. The summed E-state index contributed by atoms with van der Waals surface area (Å²) in [5.41, 5.74) is 2.53. The number of amides is 2. The first-order chi connectivity index (χ1) is 16.2. The Balaban J connectivity index is 1.32. The SMILES string of the molecule is CC(C)(C)CC(=O)Nc1cccc(SCC(=O)Nc2nc(-c3ccc4ccccc4c3)cs2)c1. The van der Waals surface area contributed by atoms with E-state index in [0.29, 0.717) is 11.6 Å². The van der Waals surface area contributed by atoms with Crippen LogP contribution >= 0.6 is 23.1 Å². The van der Waals surface area contributed by atoms with Crippen molar-refractivity contribution in [1.29, 1.82) is 0 Å². The zero-order valence-corrected chi connectivity index (χ0v) is 21.1. The van der Waals surface area contributed by atoms with Gasteiger partial charge >= 0.3 is 0 Å². The first-order valence-electron chi connectivity index (χ1n) is 11.0. The molecule has 34 heavy (non-hydrogen) atoms. The highest BCUT2D eigenvalue weighted by molar-refractivity contribution is 8.00. The van der Waals surface area contributed by atoms with Crippen molar-refractivity contribution in [2.24, 2.45) is 5.41 Å². The first kappa shape index (κ1) is 24.0. The quantitative estimate of drug-likeness (QED) is 0.272. The molecule has 0 saturated carbocycles. The van der Waals surface area contributed by atoms with Crippen molar-refractivity contribution in [1.82, 2.24) is 4.98 Å². The molecule has 174 valence electrons. The fourth-order valence-electron chi connectivity index (χ4n) is 3.47. The molecular formula is C27H27N3O2S2. The van der Waals surface area contributed by atoms with Gasteiger partial charge in [-0.1, -0.05) is 63.2 Å². The zero-order valence-electron chi connectivity index (χ0n) is 19.4. The Morgan fingerprint density at radius 1 is 0.912 bits per heavy atom. The molecule has 0 bridgehead atoms. The van der Waals surface area contributed by atoms with Gasteiger partial charge in [-0.15, -0.1) is 23.1 Å². The van der Waals surface area contributed by atoms with Gasteiger partial charge in [0.25, 0.3) is 0 Å². The second-order valence-electron chi connectivity index (χ2n) is 9.25. The van der Waals surface area contributed by atoms with Crippen LogP contribution in [0.1, 0.15) is 27.2 Å². The van der Waals surface area contributed by atoms with Gasteiger partial charge in [0.1, 0.15) is 0 Å². The van der Waals surface area contributed by atoms with Crippen LogP contribution in [-0.2, 0) is 9.59 Å². The molecule has 3 aromatic carbocycles. The van der Waals surface area contributed by atoms with E-state index < -0.39 is 0 Å². The monoisotopic (exact) mass is 489 g/mol. The Kier molecular flexibility index (Phi) is 7.34. The van der Waals surface area contributed by atoms with E-state index in [2.05, 4.69) is 39.9 Å². The number of benzene rings is 3. The lowest BCUT2D eigenvalue weighted by atomic mass is 9.92. The van der Waals surface area contributed by atoms with Gasteiger partial charge in [0, 0.05) is 27.9 Å². The molecular weight excluding hydrogens is 462 g/mol. The molecule has 4 rings (SSSR count). The summed E-state index contributed by atoms with van der Waals surface area (Å²) in [5, 5.41) is 10.7. The van der Waals surface area contributed by atoms with Crippen molar-refractivity contribution in [2.45, 2.75) is 32.1 Å². The van der Waals surface area contributed by atoms with Gasteiger partial charge in [-0.05, 0) is 40.5 Å². The number of hydrogen-bond acceptors (Lipinski definition) is 5. The number of carbonyl (C=O) groups excluding carboxylic acids is 2. The van der Waals surface area contributed by atoms with Crippen LogP contribution in [0.4, 0.5) is 10.8 Å². The van der Waals surface area contributed by atoms with Gasteiger partial charge in [0.15, 0.2) is 5.13 Å². The minimum Gasteiger partial charge on any atom is -0.326 e. The molecule has 0 unspecified atom stereocenters. The van der Waals surface area contributed by atoms with Gasteiger partial charge < -0.3 is 10.6 Å². The summed E-state index contributed by atoms with van der Waals surface area (Å²) in [4.78, 5) is 30.2. The van der Waals surface area contributed by atoms with Crippen LogP contribution in [0.15, 0.2) is 77.0 Å². The Morgan fingerprint density at radius 2 is 1.71 bits per heavy atom. The van der Waals surface area contributed by atoms with Crippen LogP contribution in [0.5, 0.6) is 0 Å². The molecule has 0 fully saturated rings. The van der Waals surface area contributed by atoms with Gasteiger partial charge in [0.2, 0.25) is 11.8 Å². The van der Waals surface area contributed by atoms with Crippen molar-refractivity contribution in [3.05, 3.63) is 72.1 Å². The van der Waals surface area contributed by atoms with Crippen LogP contribution < -0.4 is 10.6 Å². The standard InChI is InChI=1S/C27H27N3O2S2/c1-27(2,3)15-24(31)28-21-9-6-10-22(14-21)33-17-25(32)30-26-29-23(16-34-26)20-12-11-18-7-4-5-8-19(18)13-20/h4-14,16H,15,17H2,1-3H3,(H,28,31)(H,29,30,32). The van der Waals surface area contributed by atoms with E-state index in [1.165, 1.54) is 28.5 Å². The largest absolute Gasteiger partial charge is 0.326 e. The van der Waals surface area contributed by atoms with Gasteiger partial charge in [-0.2, -0.15) is 0 Å². The third kappa shape index (κ3) is 6.68. The third-order valence-corrected chi connectivity index (χ3v) is 6.73. The summed E-state index contributed by atoms with van der Waals surface area (Å²) in [7, 11) is 0. The smallest absolute Gasteiger partial charge is 0.236 e. The molecule has 0 aliphatic heterocycles. The Bertz CT molecular complexity index is 1320. The molecule has 1 heterocycles. The van der Waals surface area contributed by atoms with Crippen molar-refractivity contribution in [3.8, 4) is 11.3 Å². The summed E-state index contributed by atoms with van der Waals surface area (Å²) in [6, 6.07) is 22.0. The molecule has 0 aliphatic carbocycles. The number of thiazole rings is 1. The molecule has 1 aromatic heterocycles. The second-order valence-corrected chi connectivity index (χ2v) is 11.2. The van der Waals surface area contributed by atoms with E-state index in [9.17, 15) is 9.59 Å². The third-order valence-electron chi connectivity index (χ3n) is 4.97. The molecule has 2 amide bonds. The molecule has 0 atom stereocenters. The summed E-state index contributed by atoms with van der Waals surface area (Å²) in [6.07, 6.45) is 0.446. The van der Waals surface area contributed by atoms with E-state index in [-0.39, 0.29) is 23.0 Å². The minimum absolute atomic E-state index is 0.0154. The number of carbonyl (C=O) groups is 2. The van der Waals surface area contributed by atoms with Crippen LogP contribution in [-0.4, -0.2) is 22.6 Å². The molecule has 5 nitrogen and oxygen atoms in total. The molecule has 4 aromatic rings. The maximum atomic E-state index is 12.5. The normalized spacial score (nSPS) is 11.4. The summed E-state index contributed by atoms with van der Waals surface area (Å²) in [6.45, 7) is 6.10.